The van der Waals surface area contributed by atoms with Gasteiger partial charge < -0.3 is 14.6 Å². The van der Waals surface area contributed by atoms with Gasteiger partial charge in [0.15, 0.2) is 11.6 Å². The average Bonchev–Trinajstić information content (AvgIpc) is 3.05. The third-order valence-corrected chi connectivity index (χ3v) is 4.97. The fraction of sp³-hybridized carbons (Fsp3) is 0.300. The van der Waals surface area contributed by atoms with Crippen molar-refractivity contribution in [3.8, 4) is 5.75 Å². The van der Waals surface area contributed by atoms with Gasteiger partial charge in [-0.05, 0) is 30.3 Å². The second-order valence-corrected chi connectivity index (χ2v) is 7.09. The van der Waals surface area contributed by atoms with Crippen molar-refractivity contribution in [3.63, 3.8) is 0 Å². The zero-order valence-electron chi connectivity index (χ0n) is 14.6. The van der Waals surface area contributed by atoms with Crippen molar-refractivity contribution in [2.24, 2.45) is 0 Å². The minimum atomic E-state index is -0.360. The van der Waals surface area contributed by atoms with Gasteiger partial charge in [-0.15, -0.1) is 0 Å². The van der Waals surface area contributed by atoms with Gasteiger partial charge in [0.2, 0.25) is 5.91 Å². The lowest BCUT2D eigenvalue weighted by Crippen LogP contribution is -2.42. The molecule has 140 valence electrons. The van der Waals surface area contributed by atoms with Gasteiger partial charge in [0.1, 0.15) is 11.9 Å². The molecule has 1 amide bonds. The summed E-state index contributed by atoms with van der Waals surface area (Å²) in [5, 5.41) is 0.626. The Bertz CT molecular complexity index is 967. The first kappa shape index (κ1) is 17.8. The quantitative estimate of drug-likeness (QED) is 0.737. The van der Waals surface area contributed by atoms with Crippen LogP contribution >= 0.6 is 11.6 Å². The summed E-state index contributed by atoms with van der Waals surface area (Å²) < 4.78 is 19.4. The van der Waals surface area contributed by atoms with Crippen molar-refractivity contribution in [2.75, 3.05) is 13.1 Å². The second-order valence-electron chi connectivity index (χ2n) is 6.65. The highest BCUT2D eigenvalue weighted by Crippen LogP contribution is 2.22. The van der Waals surface area contributed by atoms with Crippen LogP contribution in [0.5, 0.6) is 5.75 Å². The number of piperidine rings is 1. The van der Waals surface area contributed by atoms with Crippen LogP contribution in [-0.4, -0.2) is 40.0 Å². The molecule has 4 rings (SSSR count). The Morgan fingerprint density at radius 3 is 2.81 bits per heavy atom. The van der Waals surface area contributed by atoms with Crippen molar-refractivity contribution in [2.45, 2.75) is 25.4 Å². The number of para-hydroxylation sites is 1. The summed E-state index contributed by atoms with van der Waals surface area (Å²) in [6.07, 6.45) is 1.48. The Hall–Kier alpha value is -2.60. The van der Waals surface area contributed by atoms with E-state index in [0.29, 0.717) is 36.8 Å². The molecule has 2 heterocycles. The van der Waals surface area contributed by atoms with Gasteiger partial charge in [0, 0.05) is 31.0 Å². The van der Waals surface area contributed by atoms with Crippen LogP contribution in [0.2, 0.25) is 5.02 Å². The molecule has 0 spiro atoms. The number of aromatic amines is 1. The zero-order chi connectivity index (χ0) is 18.8. The highest BCUT2D eigenvalue weighted by Gasteiger charge is 2.25. The lowest BCUT2D eigenvalue weighted by molar-refractivity contribution is -0.132. The van der Waals surface area contributed by atoms with Gasteiger partial charge in [-0.1, -0.05) is 23.7 Å². The molecule has 0 bridgehead atoms. The number of ether oxygens (including phenoxy) is 1. The molecule has 5 nitrogen and oxygen atoms in total. The second kappa shape index (κ2) is 7.56. The standard InChI is InChI=1S/C20H19ClFN3O2/c21-13-5-6-16-17(11-13)24-19(23-16)12-20(26)25-9-7-14(8-10-25)27-18-4-2-1-3-15(18)22/h1-6,11,14H,7-10,12H2,(H,23,24). The third kappa shape index (κ3) is 4.06. The Balaban J connectivity index is 1.33. The molecule has 1 N–H and O–H groups in total. The fourth-order valence-electron chi connectivity index (χ4n) is 3.32. The van der Waals surface area contributed by atoms with Crippen LogP contribution in [0, 0.1) is 5.82 Å². The first-order valence-electron chi connectivity index (χ1n) is 8.91. The molecule has 1 aliphatic heterocycles. The molecule has 2 aromatic carbocycles. The predicted molar refractivity (Wildman–Crippen MR) is 101 cm³/mol. The number of hydrogen-bond acceptors (Lipinski definition) is 3. The Morgan fingerprint density at radius 1 is 1.26 bits per heavy atom. The van der Waals surface area contributed by atoms with E-state index in [1.165, 1.54) is 6.07 Å². The Morgan fingerprint density at radius 2 is 2.04 bits per heavy atom. The molecule has 1 aliphatic rings. The van der Waals surface area contributed by atoms with Crippen LogP contribution < -0.4 is 4.74 Å². The molecule has 0 aliphatic carbocycles. The maximum absolute atomic E-state index is 13.7. The molecule has 1 fully saturated rings. The number of nitrogens with one attached hydrogen (secondary N) is 1. The summed E-state index contributed by atoms with van der Waals surface area (Å²) in [5.41, 5.74) is 1.61. The minimum absolute atomic E-state index is 0.0181. The SMILES string of the molecule is O=C(Cc1nc2ccc(Cl)cc2[nH]1)N1CCC(Oc2ccccc2F)CC1. The van der Waals surface area contributed by atoms with Crippen LogP contribution in [0.1, 0.15) is 18.7 Å². The molecule has 3 aromatic rings. The van der Waals surface area contributed by atoms with Gasteiger partial charge in [0.05, 0.1) is 17.5 Å². The van der Waals surface area contributed by atoms with E-state index in [9.17, 15) is 9.18 Å². The smallest absolute Gasteiger partial charge is 0.230 e. The lowest BCUT2D eigenvalue weighted by atomic mass is 10.1. The summed E-state index contributed by atoms with van der Waals surface area (Å²) in [4.78, 5) is 22.0. The van der Waals surface area contributed by atoms with Gasteiger partial charge in [0.25, 0.3) is 0 Å². The predicted octanol–water partition coefficient (Wildman–Crippen LogP) is 3.97. The molecule has 0 saturated carbocycles. The summed E-state index contributed by atoms with van der Waals surface area (Å²) in [7, 11) is 0. The first-order chi connectivity index (χ1) is 13.1. The summed E-state index contributed by atoms with van der Waals surface area (Å²) >= 11 is 5.98. The molecular formula is C20H19ClFN3O2. The molecule has 7 heteroatoms. The molecular weight excluding hydrogens is 369 g/mol. The Labute approximate surface area is 161 Å². The van der Waals surface area contributed by atoms with Crippen molar-refractivity contribution < 1.29 is 13.9 Å². The van der Waals surface area contributed by atoms with E-state index >= 15 is 0 Å². The largest absolute Gasteiger partial charge is 0.487 e. The Kier molecular flexibility index (Phi) is 4.99. The summed E-state index contributed by atoms with van der Waals surface area (Å²) in [6, 6.07) is 11.8. The number of imidazole rings is 1. The lowest BCUT2D eigenvalue weighted by Gasteiger charge is -2.32. The maximum atomic E-state index is 13.7. The van der Waals surface area contributed by atoms with E-state index in [2.05, 4.69) is 9.97 Å². The van der Waals surface area contributed by atoms with E-state index < -0.39 is 0 Å². The first-order valence-corrected chi connectivity index (χ1v) is 9.29. The number of nitrogens with zero attached hydrogens (tertiary/aromatic N) is 2. The number of hydrogen-bond donors (Lipinski definition) is 1. The number of amides is 1. The maximum Gasteiger partial charge on any atom is 0.230 e. The van der Waals surface area contributed by atoms with Crippen LogP contribution in [0.4, 0.5) is 4.39 Å². The van der Waals surface area contributed by atoms with Gasteiger partial charge in [-0.2, -0.15) is 0 Å². The number of fused-ring (bicyclic) bond motifs is 1. The van der Waals surface area contributed by atoms with Crippen LogP contribution in [0.3, 0.4) is 0 Å². The summed E-state index contributed by atoms with van der Waals surface area (Å²) in [5.74, 6) is 0.552. The molecule has 27 heavy (non-hydrogen) atoms. The van der Waals surface area contributed by atoms with Crippen molar-refractivity contribution >= 4 is 28.5 Å². The minimum Gasteiger partial charge on any atom is -0.487 e. The molecule has 0 radical (unpaired) electrons. The van der Waals surface area contributed by atoms with Gasteiger partial charge >= 0.3 is 0 Å². The van der Waals surface area contributed by atoms with Gasteiger partial charge in [-0.25, -0.2) is 9.37 Å². The fourth-order valence-corrected chi connectivity index (χ4v) is 3.49. The highest BCUT2D eigenvalue weighted by molar-refractivity contribution is 6.31. The van der Waals surface area contributed by atoms with E-state index in [1.807, 2.05) is 6.07 Å². The number of halogens is 2. The number of likely N-dealkylation sites (tertiary alicyclic amines) is 1. The van der Waals surface area contributed by atoms with Crippen LogP contribution in [0.25, 0.3) is 11.0 Å². The number of H-pyrrole nitrogens is 1. The van der Waals surface area contributed by atoms with Gasteiger partial charge in [-0.3, -0.25) is 4.79 Å². The average molecular weight is 388 g/mol. The van der Waals surface area contributed by atoms with E-state index in [-0.39, 0.29) is 30.0 Å². The number of carbonyl (C=O) groups is 1. The normalized spacial score (nSPS) is 15.3. The zero-order valence-corrected chi connectivity index (χ0v) is 15.4. The van der Waals surface area contributed by atoms with E-state index in [4.69, 9.17) is 16.3 Å². The molecule has 1 saturated heterocycles. The molecule has 0 unspecified atom stereocenters. The number of benzene rings is 2. The number of carbonyl (C=O) groups excluding carboxylic acids is 1. The summed E-state index contributed by atoms with van der Waals surface area (Å²) in [6.45, 7) is 1.17. The van der Waals surface area contributed by atoms with E-state index in [0.717, 1.165) is 11.0 Å². The van der Waals surface area contributed by atoms with Crippen LogP contribution in [0.15, 0.2) is 42.5 Å². The third-order valence-electron chi connectivity index (χ3n) is 4.74. The van der Waals surface area contributed by atoms with Crippen molar-refractivity contribution in [1.29, 1.82) is 0 Å². The number of rotatable bonds is 4. The van der Waals surface area contributed by atoms with E-state index in [1.54, 1.807) is 35.2 Å². The number of aromatic nitrogens is 2. The van der Waals surface area contributed by atoms with Crippen molar-refractivity contribution in [3.05, 3.63) is 59.1 Å². The topological polar surface area (TPSA) is 58.2 Å². The monoisotopic (exact) mass is 387 g/mol. The van der Waals surface area contributed by atoms with Crippen LogP contribution in [-0.2, 0) is 11.2 Å². The van der Waals surface area contributed by atoms with Crippen molar-refractivity contribution in [1.82, 2.24) is 14.9 Å². The highest BCUT2D eigenvalue weighted by atomic mass is 35.5. The molecule has 1 aromatic heterocycles. The molecule has 0 atom stereocenters.